The molecule has 0 aliphatic carbocycles. The minimum atomic E-state index is -0.338. The topological polar surface area (TPSA) is 108 Å². The molecule has 0 bridgehead atoms. The van der Waals surface area contributed by atoms with Crippen LogP contribution in [0.4, 0.5) is 0 Å². The van der Waals surface area contributed by atoms with Crippen LogP contribution in [0.5, 0.6) is 11.5 Å². The number of fused-ring (bicyclic) bond motifs is 1. The van der Waals surface area contributed by atoms with Crippen LogP contribution in [0.25, 0.3) is 11.4 Å². The van der Waals surface area contributed by atoms with Crippen molar-refractivity contribution in [2.45, 2.75) is 13.0 Å². The van der Waals surface area contributed by atoms with Crippen molar-refractivity contribution in [1.82, 2.24) is 19.9 Å². The van der Waals surface area contributed by atoms with E-state index >= 15 is 0 Å². The number of carbonyl (C=O) groups is 1. The molecule has 3 heterocycles. The van der Waals surface area contributed by atoms with Crippen LogP contribution in [0.1, 0.15) is 21.6 Å². The molecule has 0 saturated carbocycles. The number of nitrogens with one attached hydrogen (secondary N) is 1. The van der Waals surface area contributed by atoms with Gasteiger partial charge in [0.15, 0.2) is 0 Å². The fourth-order valence-corrected chi connectivity index (χ4v) is 3.24. The number of ether oxygens (including phenoxy) is 1. The van der Waals surface area contributed by atoms with Crippen LogP contribution in [-0.2, 0) is 13.0 Å². The first kappa shape index (κ1) is 17.7. The van der Waals surface area contributed by atoms with Gasteiger partial charge in [0.2, 0.25) is 0 Å². The Morgan fingerprint density at radius 1 is 1.25 bits per heavy atom. The van der Waals surface area contributed by atoms with E-state index in [4.69, 9.17) is 4.74 Å². The molecule has 142 valence electrons. The van der Waals surface area contributed by atoms with Gasteiger partial charge in [0.25, 0.3) is 11.5 Å². The molecular formula is C20H18N4O4. The lowest BCUT2D eigenvalue weighted by molar-refractivity contribution is 0.0728. The molecule has 3 aromatic rings. The van der Waals surface area contributed by atoms with Gasteiger partial charge < -0.3 is 19.7 Å². The maximum Gasteiger partial charge on any atom is 0.258 e. The van der Waals surface area contributed by atoms with Gasteiger partial charge in [-0.15, -0.1) is 0 Å². The third kappa shape index (κ3) is 3.20. The summed E-state index contributed by atoms with van der Waals surface area (Å²) in [6, 6.07) is 8.02. The van der Waals surface area contributed by atoms with Gasteiger partial charge >= 0.3 is 0 Å². The van der Waals surface area contributed by atoms with Gasteiger partial charge in [0.1, 0.15) is 17.3 Å². The second-order valence-corrected chi connectivity index (χ2v) is 6.44. The van der Waals surface area contributed by atoms with Gasteiger partial charge in [0.05, 0.1) is 24.9 Å². The summed E-state index contributed by atoms with van der Waals surface area (Å²) in [5.74, 6) is 0.459. The number of aromatic nitrogens is 3. The lowest BCUT2D eigenvalue weighted by atomic mass is 10.0. The van der Waals surface area contributed by atoms with Crippen molar-refractivity contribution in [3.63, 3.8) is 0 Å². The Morgan fingerprint density at radius 2 is 2.04 bits per heavy atom. The summed E-state index contributed by atoms with van der Waals surface area (Å²) < 4.78 is 5.14. The number of benzene rings is 1. The van der Waals surface area contributed by atoms with E-state index in [1.807, 2.05) is 0 Å². The molecule has 0 atom stereocenters. The number of hydrogen-bond acceptors (Lipinski definition) is 6. The summed E-state index contributed by atoms with van der Waals surface area (Å²) in [6.45, 7) is 0.550. The monoisotopic (exact) mass is 378 g/mol. The fourth-order valence-electron chi connectivity index (χ4n) is 3.24. The Balaban J connectivity index is 1.67. The van der Waals surface area contributed by atoms with Gasteiger partial charge in [-0.1, -0.05) is 0 Å². The van der Waals surface area contributed by atoms with Crippen molar-refractivity contribution in [3.8, 4) is 22.9 Å². The number of hydrogen-bond donors (Lipinski definition) is 2. The summed E-state index contributed by atoms with van der Waals surface area (Å²) in [6.07, 6.45) is 3.64. The second kappa shape index (κ2) is 7.15. The number of rotatable bonds is 3. The molecule has 8 nitrogen and oxygen atoms in total. The van der Waals surface area contributed by atoms with E-state index in [2.05, 4.69) is 15.0 Å². The van der Waals surface area contributed by atoms with Gasteiger partial charge in [-0.3, -0.25) is 14.6 Å². The SMILES string of the molecule is COc1ccc(O)c(C(=O)N2CCc3c(nc(-c4ccncc4)[nH]c3=O)C2)c1. The first-order valence-electron chi connectivity index (χ1n) is 8.75. The van der Waals surface area contributed by atoms with Gasteiger partial charge in [-0.25, -0.2) is 4.98 Å². The first-order valence-corrected chi connectivity index (χ1v) is 8.75. The minimum Gasteiger partial charge on any atom is -0.507 e. The third-order valence-corrected chi connectivity index (χ3v) is 4.75. The van der Waals surface area contributed by atoms with Crippen molar-refractivity contribution in [2.24, 2.45) is 0 Å². The Kier molecular flexibility index (Phi) is 4.52. The van der Waals surface area contributed by atoms with Crippen LogP contribution in [0.2, 0.25) is 0 Å². The van der Waals surface area contributed by atoms with Gasteiger partial charge in [0, 0.05) is 30.1 Å². The van der Waals surface area contributed by atoms with Crippen molar-refractivity contribution < 1.29 is 14.6 Å². The van der Waals surface area contributed by atoms with Crippen LogP contribution >= 0.6 is 0 Å². The molecule has 0 unspecified atom stereocenters. The molecule has 0 fully saturated rings. The van der Waals surface area contributed by atoms with Crippen molar-refractivity contribution >= 4 is 5.91 Å². The summed E-state index contributed by atoms with van der Waals surface area (Å²) in [7, 11) is 1.49. The number of nitrogens with zero attached hydrogens (tertiary/aromatic N) is 3. The van der Waals surface area contributed by atoms with Crippen LogP contribution in [0.3, 0.4) is 0 Å². The smallest absolute Gasteiger partial charge is 0.258 e. The molecule has 1 aliphatic rings. The zero-order valence-corrected chi connectivity index (χ0v) is 15.2. The molecule has 0 saturated heterocycles. The predicted octanol–water partition coefficient (Wildman–Crippen LogP) is 1.74. The maximum absolute atomic E-state index is 12.9. The summed E-state index contributed by atoms with van der Waals surface area (Å²) >= 11 is 0. The average molecular weight is 378 g/mol. The number of carbonyl (C=O) groups excluding carboxylic acids is 1. The number of methoxy groups -OCH3 is 1. The standard InChI is InChI=1S/C20H18N4O4/c1-28-13-2-3-17(25)15(10-13)20(27)24-9-6-14-16(11-24)22-18(23-19(14)26)12-4-7-21-8-5-12/h2-5,7-8,10,25H,6,9,11H2,1H3,(H,22,23,26). The number of H-pyrrole nitrogens is 1. The molecule has 4 rings (SSSR count). The molecular weight excluding hydrogens is 360 g/mol. The van der Waals surface area contributed by atoms with Gasteiger partial charge in [-0.05, 0) is 36.8 Å². The number of aromatic amines is 1. The molecule has 0 radical (unpaired) electrons. The molecule has 1 aromatic carbocycles. The van der Waals surface area contributed by atoms with Crippen LogP contribution in [0, 0.1) is 0 Å². The molecule has 28 heavy (non-hydrogen) atoms. The lowest BCUT2D eigenvalue weighted by Crippen LogP contribution is -2.39. The average Bonchev–Trinajstić information content (AvgIpc) is 2.74. The highest BCUT2D eigenvalue weighted by Gasteiger charge is 2.27. The lowest BCUT2D eigenvalue weighted by Gasteiger charge is -2.28. The normalized spacial score (nSPS) is 13.1. The van der Waals surface area contributed by atoms with Crippen molar-refractivity contribution in [2.75, 3.05) is 13.7 Å². The number of amides is 1. The zero-order valence-electron chi connectivity index (χ0n) is 15.2. The quantitative estimate of drug-likeness (QED) is 0.719. The van der Waals surface area contributed by atoms with E-state index in [1.54, 1.807) is 35.5 Å². The van der Waals surface area contributed by atoms with Crippen molar-refractivity contribution in [3.05, 3.63) is 69.9 Å². The minimum absolute atomic E-state index is 0.118. The van der Waals surface area contributed by atoms with E-state index in [0.717, 1.165) is 5.56 Å². The second-order valence-electron chi connectivity index (χ2n) is 6.44. The molecule has 0 spiro atoms. The fraction of sp³-hybridized carbons (Fsp3) is 0.200. The van der Waals surface area contributed by atoms with Crippen LogP contribution in [0.15, 0.2) is 47.5 Å². The Labute approximate surface area is 160 Å². The predicted molar refractivity (Wildman–Crippen MR) is 101 cm³/mol. The molecule has 1 aliphatic heterocycles. The van der Waals surface area contributed by atoms with Crippen LogP contribution in [-0.4, -0.2) is 44.5 Å². The summed E-state index contributed by atoms with van der Waals surface area (Å²) in [5.41, 5.74) is 1.83. The number of phenols is 1. The largest absolute Gasteiger partial charge is 0.507 e. The Bertz CT molecular complexity index is 1100. The highest BCUT2D eigenvalue weighted by molar-refractivity contribution is 5.97. The van der Waals surface area contributed by atoms with Crippen molar-refractivity contribution in [1.29, 1.82) is 0 Å². The Hall–Kier alpha value is -3.68. The number of phenolic OH excluding ortho intramolecular Hbond substituents is 1. The highest BCUT2D eigenvalue weighted by Crippen LogP contribution is 2.26. The summed E-state index contributed by atoms with van der Waals surface area (Å²) in [5, 5.41) is 10.1. The number of aromatic hydroxyl groups is 1. The zero-order chi connectivity index (χ0) is 19.7. The highest BCUT2D eigenvalue weighted by atomic mass is 16.5. The van der Waals surface area contributed by atoms with Gasteiger partial charge in [-0.2, -0.15) is 0 Å². The molecule has 1 amide bonds. The first-order chi connectivity index (χ1) is 13.6. The van der Waals surface area contributed by atoms with E-state index in [-0.39, 0.29) is 29.3 Å². The van der Waals surface area contributed by atoms with E-state index in [9.17, 15) is 14.7 Å². The number of pyridine rings is 1. The Morgan fingerprint density at radius 3 is 2.79 bits per heavy atom. The van der Waals surface area contributed by atoms with E-state index in [0.29, 0.717) is 35.8 Å². The van der Waals surface area contributed by atoms with E-state index < -0.39 is 0 Å². The third-order valence-electron chi connectivity index (χ3n) is 4.75. The summed E-state index contributed by atoms with van der Waals surface area (Å²) in [4.78, 5) is 38.3. The van der Waals surface area contributed by atoms with E-state index in [1.165, 1.54) is 19.2 Å². The maximum atomic E-state index is 12.9. The molecule has 2 aromatic heterocycles. The molecule has 8 heteroatoms. The van der Waals surface area contributed by atoms with Crippen LogP contribution < -0.4 is 10.3 Å². The molecule has 2 N–H and O–H groups in total.